The first kappa shape index (κ1) is 11.2. The number of amides is 3. The van der Waals surface area contributed by atoms with E-state index < -0.39 is 0 Å². The average Bonchev–Trinajstić information content (AvgIpc) is 2.96. The van der Waals surface area contributed by atoms with Gasteiger partial charge in [0.15, 0.2) is 0 Å². The number of urea groups is 1. The highest BCUT2D eigenvalue weighted by atomic mass is 79.9. The van der Waals surface area contributed by atoms with Gasteiger partial charge in [-0.05, 0) is 40.9 Å². The molecule has 4 nitrogen and oxygen atoms in total. The van der Waals surface area contributed by atoms with Gasteiger partial charge in [0, 0.05) is 11.4 Å². The highest BCUT2D eigenvalue weighted by Crippen LogP contribution is 2.30. The van der Waals surface area contributed by atoms with Crippen LogP contribution < -0.4 is 0 Å². The molecule has 0 unspecified atom stereocenters. The molecule has 0 radical (unpaired) electrons. The zero-order chi connectivity index (χ0) is 12.0. The number of carbonyl (C=O) groups excluding carboxylic acids is 2. The Morgan fingerprint density at radius 2 is 2.24 bits per heavy atom. The summed E-state index contributed by atoms with van der Waals surface area (Å²) < 4.78 is 1.02. The Bertz CT molecular complexity index is 466. The lowest BCUT2D eigenvalue weighted by Crippen LogP contribution is -2.32. The predicted octanol–water partition coefficient (Wildman–Crippen LogP) is 2.44. The second-order valence-electron chi connectivity index (χ2n) is 4.26. The van der Waals surface area contributed by atoms with E-state index in [-0.39, 0.29) is 18.0 Å². The van der Waals surface area contributed by atoms with Crippen LogP contribution in [-0.2, 0) is 11.3 Å². The minimum atomic E-state index is -0.189. The number of hydrogen-bond donors (Lipinski definition) is 0. The van der Waals surface area contributed by atoms with Gasteiger partial charge in [-0.15, -0.1) is 11.3 Å². The van der Waals surface area contributed by atoms with E-state index >= 15 is 0 Å². The first-order chi connectivity index (χ1) is 8.16. The van der Waals surface area contributed by atoms with Crippen LogP contribution in [0, 0.1) is 0 Å². The number of fused-ring (bicyclic) bond motifs is 1. The van der Waals surface area contributed by atoms with Gasteiger partial charge in [-0.1, -0.05) is 0 Å². The number of thiophene rings is 1. The quantitative estimate of drug-likeness (QED) is 0.787. The molecular weight excluding hydrogens is 304 g/mol. The van der Waals surface area contributed by atoms with Crippen molar-refractivity contribution in [3.8, 4) is 0 Å². The molecule has 2 saturated heterocycles. The van der Waals surface area contributed by atoms with E-state index in [2.05, 4.69) is 15.9 Å². The van der Waals surface area contributed by atoms with Gasteiger partial charge in [0.1, 0.15) is 6.04 Å². The molecule has 0 aliphatic carbocycles. The van der Waals surface area contributed by atoms with Crippen molar-refractivity contribution in [2.45, 2.75) is 25.4 Å². The average molecular weight is 315 g/mol. The van der Waals surface area contributed by atoms with E-state index in [9.17, 15) is 9.59 Å². The first-order valence-corrected chi connectivity index (χ1v) is 7.14. The molecule has 2 fully saturated rings. The fraction of sp³-hybridized carbons (Fsp3) is 0.455. The summed E-state index contributed by atoms with van der Waals surface area (Å²) in [6.45, 7) is 1.13. The number of hydrogen-bond acceptors (Lipinski definition) is 3. The molecule has 3 amide bonds. The maximum Gasteiger partial charge on any atom is 0.327 e. The standard InChI is InChI=1S/C11H11BrN2O2S/c12-9-4-3-7(17-9)6-14-10(15)8-2-1-5-13(8)11(14)16/h3-4,8H,1-2,5-6H2/t8-/m0/s1. The Morgan fingerprint density at radius 1 is 1.41 bits per heavy atom. The van der Waals surface area contributed by atoms with Crippen molar-refractivity contribution < 1.29 is 9.59 Å². The lowest BCUT2D eigenvalue weighted by molar-refractivity contribution is -0.128. The molecule has 17 heavy (non-hydrogen) atoms. The molecule has 1 atom stereocenters. The summed E-state index contributed by atoms with van der Waals surface area (Å²) in [5, 5.41) is 0. The topological polar surface area (TPSA) is 40.6 Å². The van der Waals surface area contributed by atoms with Crippen LogP contribution in [0.25, 0.3) is 0 Å². The maximum absolute atomic E-state index is 12.1. The normalized spacial score (nSPS) is 23.7. The third-order valence-corrected chi connectivity index (χ3v) is 4.83. The van der Waals surface area contributed by atoms with Crippen molar-refractivity contribution in [3.63, 3.8) is 0 Å². The lowest BCUT2D eigenvalue weighted by atomic mass is 10.2. The second-order valence-corrected chi connectivity index (χ2v) is 6.81. The van der Waals surface area contributed by atoms with Crippen LogP contribution in [0.4, 0.5) is 4.79 Å². The van der Waals surface area contributed by atoms with Crippen LogP contribution in [0.15, 0.2) is 15.9 Å². The van der Waals surface area contributed by atoms with Crippen molar-refractivity contribution in [2.24, 2.45) is 0 Å². The smallest absolute Gasteiger partial charge is 0.312 e. The number of halogens is 1. The number of nitrogens with zero attached hydrogens (tertiary/aromatic N) is 2. The summed E-state index contributed by atoms with van der Waals surface area (Å²) >= 11 is 4.94. The molecule has 0 aromatic carbocycles. The molecule has 90 valence electrons. The first-order valence-electron chi connectivity index (χ1n) is 5.53. The van der Waals surface area contributed by atoms with E-state index in [1.54, 1.807) is 16.2 Å². The largest absolute Gasteiger partial charge is 0.327 e. The summed E-state index contributed by atoms with van der Waals surface area (Å²) in [5.41, 5.74) is 0. The molecule has 0 bridgehead atoms. The van der Waals surface area contributed by atoms with Crippen LogP contribution in [0.5, 0.6) is 0 Å². The van der Waals surface area contributed by atoms with Gasteiger partial charge in [-0.2, -0.15) is 0 Å². The molecule has 3 heterocycles. The number of imide groups is 1. The van der Waals surface area contributed by atoms with Crippen molar-refractivity contribution in [3.05, 3.63) is 20.8 Å². The van der Waals surface area contributed by atoms with Gasteiger partial charge in [-0.3, -0.25) is 9.69 Å². The minimum Gasteiger partial charge on any atom is -0.312 e. The van der Waals surface area contributed by atoms with Crippen molar-refractivity contribution in [1.29, 1.82) is 0 Å². The molecule has 1 aromatic heterocycles. The summed E-state index contributed by atoms with van der Waals surface area (Å²) in [7, 11) is 0. The number of carbonyl (C=O) groups is 2. The van der Waals surface area contributed by atoms with Gasteiger partial charge >= 0.3 is 6.03 Å². The summed E-state index contributed by atoms with van der Waals surface area (Å²) in [5.74, 6) is -0.0305. The zero-order valence-corrected chi connectivity index (χ0v) is 11.5. The van der Waals surface area contributed by atoms with E-state index in [0.29, 0.717) is 6.54 Å². The van der Waals surface area contributed by atoms with Crippen LogP contribution >= 0.6 is 27.3 Å². The Labute approximate surface area is 111 Å². The van der Waals surface area contributed by atoms with Crippen molar-refractivity contribution >= 4 is 39.2 Å². The monoisotopic (exact) mass is 314 g/mol. The predicted molar refractivity (Wildman–Crippen MR) is 67.7 cm³/mol. The van der Waals surface area contributed by atoms with Crippen molar-refractivity contribution in [2.75, 3.05) is 6.54 Å². The Hall–Kier alpha value is -0.880. The maximum atomic E-state index is 12.1. The van der Waals surface area contributed by atoms with Gasteiger partial charge < -0.3 is 4.90 Å². The minimum absolute atomic E-state index is 0.0305. The third kappa shape index (κ3) is 1.79. The van der Waals surface area contributed by atoms with Crippen LogP contribution in [0.3, 0.4) is 0 Å². The Kier molecular flexibility index (Phi) is 2.71. The molecule has 0 saturated carbocycles. The van der Waals surface area contributed by atoms with Gasteiger partial charge in [0.25, 0.3) is 5.91 Å². The van der Waals surface area contributed by atoms with E-state index in [1.165, 1.54) is 4.90 Å². The van der Waals surface area contributed by atoms with E-state index in [0.717, 1.165) is 28.0 Å². The molecule has 0 N–H and O–H groups in total. The molecule has 6 heteroatoms. The Balaban J connectivity index is 1.80. The molecule has 2 aliphatic heterocycles. The fourth-order valence-corrected chi connectivity index (χ4v) is 3.89. The summed E-state index contributed by atoms with van der Waals surface area (Å²) in [4.78, 5) is 28.2. The zero-order valence-electron chi connectivity index (χ0n) is 9.06. The summed E-state index contributed by atoms with van der Waals surface area (Å²) in [6, 6.07) is 3.57. The third-order valence-electron chi connectivity index (χ3n) is 3.22. The Morgan fingerprint density at radius 3 is 2.88 bits per heavy atom. The van der Waals surface area contributed by atoms with E-state index in [1.807, 2.05) is 12.1 Å². The van der Waals surface area contributed by atoms with Gasteiger partial charge in [-0.25, -0.2) is 4.79 Å². The van der Waals surface area contributed by atoms with Crippen molar-refractivity contribution in [1.82, 2.24) is 9.80 Å². The molecule has 3 rings (SSSR count). The van der Waals surface area contributed by atoms with E-state index in [4.69, 9.17) is 0 Å². The van der Waals surface area contributed by atoms with Crippen LogP contribution in [-0.4, -0.2) is 34.3 Å². The van der Waals surface area contributed by atoms with Gasteiger partial charge in [0.05, 0.1) is 10.3 Å². The fourth-order valence-electron chi connectivity index (χ4n) is 2.42. The SMILES string of the molecule is O=C1[C@@H]2CCCN2C(=O)N1Cc1ccc(Br)s1. The molecular formula is C11H11BrN2O2S. The van der Waals surface area contributed by atoms with Crippen LogP contribution in [0.1, 0.15) is 17.7 Å². The highest BCUT2D eigenvalue weighted by molar-refractivity contribution is 9.11. The molecule has 1 aromatic rings. The van der Waals surface area contributed by atoms with Crippen LogP contribution in [0.2, 0.25) is 0 Å². The van der Waals surface area contributed by atoms with Gasteiger partial charge in [0.2, 0.25) is 0 Å². The summed E-state index contributed by atoms with van der Waals surface area (Å²) in [6.07, 6.45) is 1.76. The lowest BCUT2D eigenvalue weighted by Gasteiger charge is -2.14. The molecule has 2 aliphatic rings. The molecule has 0 spiro atoms. The second kappa shape index (κ2) is 4.10. The highest BCUT2D eigenvalue weighted by Gasteiger charge is 2.47. The number of rotatable bonds is 2.